The predicted octanol–water partition coefficient (Wildman–Crippen LogP) is 4.97. The Labute approximate surface area is 141 Å². The third-order valence-corrected chi connectivity index (χ3v) is 3.79. The second-order valence-electron chi connectivity index (χ2n) is 4.62. The van der Waals surface area contributed by atoms with Gasteiger partial charge in [-0.2, -0.15) is 0 Å². The van der Waals surface area contributed by atoms with Crippen LogP contribution >= 0.6 is 34.8 Å². The summed E-state index contributed by atoms with van der Waals surface area (Å²) < 4.78 is 0. The fourth-order valence-electron chi connectivity index (χ4n) is 2.04. The lowest BCUT2D eigenvalue weighted by atomic mass is 10.2. The first-order valence-corrected chi connectivity index (χ1v) is 7.49. The number of nitrogens with one attached hydrogen (secondary N) is 1. The second-order valence-corrected chi connectivity index (χ2v) is 5.90. The molecule has 3 aromatic rings. The topological polar surface area (TPSA) is 45.8 Å². The Balaban J connectivity index is 2.10. The molecule has 2 aromatic carbocycles. The van der Waals surface area contributed by atoms with Crippen LogP contribution in [0.25, 0.3) is 22.0 Å². The third kappa shape index (κ3) is 3.17. The first-order valence-electron chi connectivity index (χ1n) is 6.36. The molecule has 3 rings (SSSR count). The molecule has 3 nitrogen and oxygen atoms in total. The van der Waals surface area contributed by atoms with Crippen molar-refractivity contribution in [1.82, 2.24) is 9.97 Å². The molecule has 0 radical (unpaired) electrons. The minimum absolute atomic E-state index is 0.292. The summed E-state index contributed by atoms with van der Waals surface area (Å²) in [5, 5.41) is 1.82. The number of fused-ring (bicyclic) bond motifs is 1. The van der Waals surface area contributed by atoms with E-state index in [0.717, 1.165) is 5.56 Å². The van der Waals surface area contributed by atoms with Gasteiger partial charge >= 0.3 is 0 Å². The van der Waals surface area contributed by atoms with Crippen LogP contribution in [-0.4, -0.2) is 9.97 Å². The van der Waals surface area contributed by atoms with Crippen LogP contribution in [0.1, 0.15) is 11.4 Å². The van der Waals surface area contributed by atoms with Crippen molar-refractivity contribution >= 4 is 56.8 Å². The number of aromatic nitrogens is 2. The Morgan fingerprint density at radius 3 is 2.64 bits per heavy atom. The van der Waals surface area contributed by atoms with Crippen LogP contribution in [0, 0.1) is 0 Å². The van der Waals surface area contributed by atoms with E-state index < -0.39 is 0 Å². The van der Waals surface area contributed by atoms with E-state index in [1.54, 1.807) is 36.4 Å². The highest BCUT2D eigenvalue weighted by Crippen LogP contribution is 2.22. The molecule has 6 heteroatoms. The molecular weight excluding hydrogens is 343 g/mol. The Kier molecular flexibility index (Phi) is 4.21. The molecule has 0 saturated carbocycles. The van der Waals surface area contributed by atoms with Gasteiger partial charge < -0.3 is 4.98 Å². The SMILES string of the molecule is O=c1[nH]c(/C(Cl)=C/c2cccc(Cl)c2)nc2ccc(Cl)cc12. The number of aromatic amines is 1. The van der Waals surface area contributed by atoms with E-state index in [1.807, 2.05) is 12.1 Å². The molecule has 0 aliphatic rings. The number of hydrogen-bond acceptors (Lipinski definition) is 2. The van der Waals surface area contributed by atoms with Crippen molar-refractivity contribution in [3.05, 3.63) is 74.3 Å². The predicted molar refractivity (Wildman–Crippen MR) is 92.5 cm³/mol. The van der Waals surface area contributed by atoms with Crippen molar-refractivity contribution in [3.63, 3.8) is 0 Å². The van der Waals surface area contributed by atoms with Crippen molar-refractivity contribution in [3.8, 4) is 0 Å². The highest BCUT2D eigenvalue weighted by molar-refractivity contribution is 6.50. The first kappa shape index (κ1) is 15.1. The van der Waals surface area contributed by atoms with E-state index >= 15 is 0 Å². The number of nitrogens with zero attached hydrogens (tertiary/aromatic N) is 1. The first-order chi connectivity index (χ1) is 10.5. The summed E-state index contributed by atoms with van der Waals surface area (Å²) in [4.78, 5) is 19.1. The average molecular weight is 352 g/mol. The fourth-order valence-corrected chi connectivity index (χ4v) is 2.62. The van der Waals surface area contributed by atoms with Gasteiger partial charge in [0, 0.05) is 10.0 Å². The number of rotatable bonds is 2. The smallest absolute Gasteiger partial charge is 0.259 e. The fraction of sp³-hybridized carbons (Fsp3) is 0. The molecule has 0 bridgehead atoms. The molecule has 0 saturated heterocycles. The van der Waals surface area contributed by atoms with Crippen LogP contribution in [0.4, 0.5) is 0 Å². The van der Waals surface area contributed by atoms with Gasteiger partial charge in [0.1, 0.15) is 0 Å². The van der Waals surface area contributed by atoms with Crippen LogP contribution in [0.3, 0.4) is 0 Å². The van der Waals surface area contributed by atoms with Gasteiger partial charge in [0.15, 0.2) is 5.82 Å². The molecule has 0 aliphatic carbocycles. The molecule has 1 N–H and O–H groups in total. The van der Waals surface area contributed by atoms with Gasteiger partial charge in [-0.25, -0.2) is 4.98 Å². The van der Waals surface area contributed by atoms with E-state index in [-0.39, 0.29) is 5.56 Å². The number of hydrogen-bond donors (Lipinski definition) is 1. The van der Waals surface area contributed by atoms with Crippen molar-refractivity contribution in [1.29, 1.82) is 0 Å². The molecule has 110 valence electrons. The van der Waals surface area contributed by atoms with Crippen molar-refractivity contribution in [2.24, 2.45) is 0 Å². The Morgan fingerprint density at radius 1 is 1.09 bits per heavy atom. The summed E-state index contributed by atoms with van der Waals surface area (Å²) in [6.07, 6.45) is 1.69. The van der Waals surface area contributed by atoms with Gasteiger partial charge in [0.2, 0.25) is 0 Å². The van der Waals surface area contributed by atoms with Crippen LogP contribution < -0.4 is 5.56 Å². The lowest BCUT2D eigenvalue weighted by Crippen LogP contribution is -2.10. The van der Waals surface area contributed by atoms with Crippen molar-refractivity contribution in [2.45, 2.75) is 0 Å². The van der Waals surface area contributed by atoms with Gasteiger partial charge in [0.05, 0.1) is 15.9 Å². The van der Waals surface area contributed by atoms with Gasteiger partial charge in [-0.1, -0.05) is 46.9 Å². The van der Waals surface area contributed by atoms with Gasteiger partial charge in [-0.15, -0.1) is 0 Å². The highest BCUT2D eigenvalue weighted by atomic mass is 35.5. The zero-order valence-corrected chi connectivity index (χ0v) is 13.4. The maximum absolute atomic E-state index is 12.1. The third-order valence-electron chi connectivity index (χ3n) is 3.04. The van der Waals surface area contributed by atoms with Crippen molar-refractivity contribution < 1.29 is 0 Å². The molecule has 0 spiro atoms. The van der Waals surface area contributed by atoms with E-state index in [0.29, 0.717) is 31.8 Å². The Hall–Kier alpha value is -1.81. The van der Waals surface area contributed by atoms with E-state index in [2.05, 4.69) is 9.97 Å². The monoisotopic (exact) mass is 350 g/mol. The van der Waals surface area contributed by atoms with Crippen LogP contribution in [0.15, 0.2) is 47.3 Å². The van der Waals surface area contributed by atoms with Crippen molar-refractivity contribution in [2.75, 3.05) is 0 Å². The van der Waals surface area contributed by atoms with E-state index in [4.69, 9.17) is 34.8 Å². The number of H-pyrrole nitrogens is 1. The zero-order chi connectivity index (χ0) is 15.7. The molecule has 1 aromatic heterocycles. The van der Waals surface area contributed by atoms with Crippen LogP contribution in [0.2, 0.25) is 10.0 Å². The van der Waals surface area contributed by atoms with Gasteiger partial charge in [0.25, 0.3) is 5.56 Å². The lowest BCUT2D eigenvalue weighted by molar-refractivity contribution is 1.14. The number of benzene rings is 2. The average Bonchev–Trinajstić information content (AvgIpc) is 2.48. The number of halogens is 3. The summed E-state index contributed by atoms with van der Waals surface area (Å²) in [6, 6.07) is 12.1. The minimum atomic E-state index is -0.292. The molecule has 0 unspecified atom stereocenters. The van der Waals surface area contributed by atoms with E-state index in [1.165, 1.54) is 0 Å². The van der Waals surface area contributed by atoms with Crippen LogP contribution in [0.5, 0.6) is 0 Å². The summed E-state index contributed by atoms with van der Waals surface area (Å²) in [6.45, 7) is 0. The Morgan fingerprint density at radius 2 is 1.86 bits per heavy atom. The molecule has 22 heavy (non-hydrogen) atoms. The maximum atomic E-state index is 12.1. The van der Waals surface area contributed by atoms with E-state index in [9.17, 15) is 4.79 Å². The summed E-state index contributed by atoms with van der Waals surface area (Å²) >= 11 is 18.1. The molecular formula is C16H9Cl3N2O. The summed E-state index contributed by atoms with van der Waals surface area (Å²) in [5.41, 5.74) is 1.05. The van der Waals surface area contributed by atoms with Gasteiger partial charge in [-0.05, 0) is 42.0 Å². The molecule has 1 heterocycles. The standard InChI is InChI=1S/C16H9Cl3N2O/c17-10-3-1-2-9(6-10)7-13(19)15-20-14-5-4-11(18)8-12(14)16(22)21-15/h1-8H,(H,20,21,22)/b13-7-. The lowest BCUT2D eigenvalue weighted by Gasteiger charge is -2.03. The molecule has 0 atom stereocenters. The second kappa shape index (κ2) is 6.13. The molecule has 0 fully saturated rings. The molecule has 0 amide bonds. The van der Waals surface area contributed by atoms with Gasteiger partial charge in [-0.3, -0.25) is 4.79 Å². The summed E-state index contributed by atoms with van der Waals surface area (Å²) in [5.74, 6) is 0.293. The normalized spacial score (nSPS) is 11.9. The summed E-state index contributed by atoms with van der Waals surface area (Å²) in [7, 11) is 0. The quantitative estimate of drug-likeness (QED) is 0.708. The Bertz CT molecular complexity index is 948. The largest absolute Gasteiger partial charge is 0.305 e. The zero-order valence-electron chi connectivity index (χ0n) is 11.1. The highest BCUT2D eigenvalue weighted by Gasteiger charge is 2.07. The molecule has 0 aliphatic heterocycles. The maximum Gasteiger partial charge on any atom is 0.259 e. The van der Waals surface area contributed by atoms with Crippen LogP contribution in [-0.2, 0) is 0 Å². The minimum Gasteiger partial charge on any atom is -0.305 e.